The third-order valence-corrected chi connectivity index (χ3v) is 4.32. The number of hydrogen-bond acceptors (Lipinski definition) is 2. The van der Waals surface area contributed by atoms with Gasteiger partial charge in [0.25, 0.3) is 0 Å². The first-order valence-electron chi connectivity index (χ1n) is 7.32. The van der Waals surface area contributed by atoms with Crippen molar-refractivity contribution < 1.29 is 4.79 Å². The lowest BCUT2D eigenvalue weighted by atomic mass is 9.83. The molecule has 1 aliphatic carbocycles. The average molecular weight is 238 g/mol. The lowest BCUT2D eigenvalue weighted by Gasteiger charge is -2.29. The van der Waals surface area contributed by atoms with Crippen molar-refractivity contribution in [2.75, 3.05) is 6.54 Å². The van der Waals surface area contributed by atoms with Gasteiger partial charge in [0, 0.05) is 6.54 Å². The maximum atomic E-state index is 12.2. The monoisotopic (exact) mass is 238 g/mol. The Morgan fingerprint density at radius 2 is 2.06 bits per heavy atom. The summed E-state index contributed by atoms with van der Waals surface area (Å²) in [5.41, 5.74) is 0. The van der Waals surface area contributed by atoms with E-state index in [1.807, 2.05) is 0 Å². The fourth-order valence-corrected chi connectivity index (χ4v) is 2.95. The second-order valence-electron chi connectivity index (χ2n) is 5.55. The summed E-state index contributed by atoms with van der Waals surface area (Å²) >= 11 is 0. The Balaban J connectivity index is 1.86. The van der Waals surface area contributed by atoms with Gasteiger partial charge >= 0.3 is 0 Å². The Labute approximate surface area is 105 Å². The van der Waals surface area contributed by atoms with Crippen LogP contribution in [-0.2, 0) is 4.79 Å². The zero-order valence-electron chi connectivity index (χ0n) is 11.2. The Bertz CT molecular complexity index is 263. The van der Waals surface area contributed by atoms with Crippen molar-refractivity contribution in [2.45, 2.75) is 71.0 Å². The van der Waals surface area contributed by atoms with Crippen LogP contribution in [0.3, 0.4) is 0 Å². The zero-order chi connectivity index (χ0) is 12.3. The van der Waals surface area contributed by atoms with Gasteiger partial charge in [-0.15, -0.1) is 0 Å². The fraction of sp³-hybridized carbons (Fsp3) is 0.929. The zero-order valence-corrected chi connectivity index (χ0v) is 11.2. The average Bonchev–Trinajstić information content (AvgIpc) is 2.55. The van der Waals surface area contributed by atoms with E-state index in [0.29, 0.717) is 12.1 Å². The molecule has 0 aromatic rings. The minimum Gasteiger partial charge on any atom is -0.326 e. The second kappa shape index (κ2) is 5.85. The normalized spacial score (nSPS) is 29.8. The van der Waals surface area contributed by atoms with Crippen LogP contribution in [0.4, 0.5) is 0 Å². The van der Waals surface area contributed by atoms with Crippen LogP contribution in [0.2, 0.25) is 0 Å². The second-order valence-corrected chi connectivity index (χ2v) is 5.55. The Kier molecular flexibility index (Phi) is 4.43. The van der Waals surface area contributed by atoms with Crippen molar-refractivity contribution in [1.29, 1.82) is 0 Å². The highest BCUT2D eigenvalue weighted by atomic mass is 16.2. The van der Waals surface area contributed by atoms with Gasteiger partial charge < -0.3 is 4.90 Å². The van der Waals surface area contributed by atoms with Crippen molar-refractivity contribution >= 4 is 5.91 Å². The number of carbonyl (C=O) groups excluding carboxylic acids is 1. The van der Waals surface area contributed by atoms with Crippen LogP contribution in [0.5, 0.6) is 0 Å². The predicted molar refractivity (Wildman–Crippen MR) is 69.6 cm³/mol. The van der Waals surface area contributed by atoms with Gasteiger partial charge in [0.15, 0.2) is 0 Å². The molecule has 0 spiro atoms. The third-order valence-electron chi connectivity index (χ3n) is 4.32. The third kappa shape index (κ3) is 2.82. The molecule has 17 heavy (non-hydrogen) atoms. The first kappa shape index (κ1) is 12.9. The summed E-state index contributed by atoms with van der Waals surface area (Å²) in [7, 11) is 0. The van der Waals surface area contributed by atoms with Crippen LogP contribution in [0.15, 0.2) is 0 Å². The molecule has 0 bridgehead atoms. The molecule has 1 heterocycles. The van der Waals surface area contributed by atoms with E-state index in [0.717, 1.165) is 31.7 Å². The molecule has 2 unspecified atom stereocenters. The molecule has 3 nitrogen and oxygen atoms in total. The number of nitrogens with one attached hydrogen (secondary N) is 1. The highest BCUT2D eigenvalue weighted by Gasteiger charge is 2.37. The summed E-state index contributed by atoms with van der Waals surface area (Å²) in [5, 5.41) is 3.48. The van der Waals surface area contributed by atoms with Crippen molar-refractivity contribution in [3.05, 3.63) is 0 Å². The van der Waals surface area contributed by atoms with E-state index in [4.69, 9.17) is 0 Å². The van der Waals surface area contributed by atoms with E-state index < -0.39 is 0 Å². The summed E-state index contributed by atoms with van der Waals surface area (Å²) < 4.78 is 0. The van der Waals surface area contributed by atoms with Crippen LogP contribution >= 0.6 is 0 Å². The summed E-state index contributed by atoms with van der Waals surface area (Å²) in [6.07, 6.45) is 8.74. The van der Waals surface area contributed by atoms with Gasteiger partial charge in [-0.05, 0) is 25.2 Å². The Morgan fingerprint density at radius 1 is 1.29 bits per heavy atom. The smallest absolute Gasteiger partial charge is 0.241 e. The van der Waals surface area contributed by atoms with E-state index in [9.17, 15) is 4.79 Å². The van der Waals surface area contributed by atoms with Crippen LogP contribution in [0.1, 0.15) is 58.8 Å². The summed E-state index contributed by atoms with van der Waals surface area (Å²) in [6.45, 7) is 5.28. The van der Waals surface area contributed by atoms with Crippen LogP contribution in [-0.4, -0.2) is 29.6 Å². The quantitative estimate of drug-likeness (QED) is 0.771. The van der Waals surface area contributed by atoms with Crippen molar-refractivity contribution in [3.63, 3.8) is 0 Å². The van der Waals surface area contributed by atoms with Gasteiger partial charge in [-0.1, -0.05) is 39.5 Å². The molecule has 1 saturated heterocycles. The molecule has 0 radical (unpaired) electrons. The predicted octanol–water partition coefficient (Wildman–Crippen LogP) is 2.51. The van der Waals surface area contributed by atoms with E-state index in [1.54, 1.807) is 0 Å². The largest absolute Gasteiger partial charge is 0.326 e. The maximum Gasteiger partial charge on any atom is 0.241 e. The van der Waals surface area contributed by atoms with Crippen molar-refractivity contribution in [1.82, 2.24) is 10.2 Å². The highest BCUT2D eigenvalue weighted by molar-refractivity contribution is 5.84. The molecular formula is C14H26N2O. The number of hydrogen-bond donors (Lipinski definition) is 1. The van der Waals surface area contributed by atoms with E-state index in [-0.39, 0.29) is 6.04 Å². The number of nitrogens with zero attached hydrogens (tertiary/aromatic N) is 1. The van der Waals surface area contributed by atoms with E-state index >= 15 is 0 Å². The SMILES string of the molecule is CCCC1NC(CC)N(CCC2CCC2)C1=O. The van der Waals surface area contributed by atoms with Crippen LogP contribution < -0.4 is 5.32 Å². The molecule has 3 heteroatoms. The minimum atomic E-state index is 0.0892. The summed E-state index contributed by atoms with van der Waals surface area (Å²) in [6, 6.07) is 0.0892. The van der Waals surface area contributed by atoms with Gasteiger partial charge in [0.05, 0.1) is 12.2 Å². The van der Waals surface area contributed by atoms with Gasteiger partial charge in [0.1, 0.15) is 0 Å². The lowest BCUT2D eigenvalue weighted by molar-refractivity contribution is -0.130. The highest BCUT2D eigenvalue weighted by Crippen LogP contribution is 2.30. The molecule has 2 fully saturated rings. The topological polar surface area (TPSA) is 32.3 Å². The van der Waals surface area contributed by atoms with E-state index in [1.165, 1.54) is 25.7 Å². The molecule has 0 aromatic heterocycles. The molecular weight excluding hydrogens is 212 g/mol. The molecule has 1 N–H and O–H groups in total. The Morgan fingerprint density at radius 3 is 2.59 bits per heavy atom. The minimum absolute atomic E-state index is 0.0892. The van der Waals surface area contributed by atoms with Gasteiger partial charge in [-0.2, -0.15) is 0 Å². The first-order valence-corrected chi connectivity index (χ1v) is 7.32. The molecule has 1 aliphatic heterocycles. The standard InChI is InChI=1S/C14H26N2O/c1-3-6-12-14(17)16(13(4-2)15-12)10-9-11-7-5-8-11/h11-13,15H,3-10H2,1-2H3. The van der Waals surface area contributed by atoms with Crippen LogP contribution in [0, 0.1) is 5.92 Å². The van der Waals surface area contributed by atoms with Gasteiger partial charge in [-0.3, -0.25) is 10.1 Å². The molecule has 2 rings (SSSR count). The van der Waals surface area contributed by atoms with Crippen LogP contribution in [0.25, 0.3) is 0 Å². The number of rotatable bonds is 6. The molecule has 0 aromatic carbocycles. The molecule has 2 atom stereocenters. The van der Waals surface area contributed by atoms with Crippen molar-refractivity contribution in [3.8, 4) is 0 Å². The van der Waals surface area contributed by atoms with Gasteiger partial charge in [-0.25, -0.2) is 0 Å². The first-order chi connectivity index (χ1) is 8.26. The van der Waals surface area contributed by atoms with Crippen molar-refractivity contribution in [2.24, 2.45) is 5.92 Å². The summed E-state index contributed by atoms with van der Waals surface area (Å²) in [4.78, 5) is 14.3. The molecule has 98 valence electrons. The fourth-order valence-electron chi connectivity index (χ4n) is 2.95. The Hall–Kier alpha value is -0.570. The molecule has 2 aliphatic rings. The molecule has 1 saturated carbocycles. The number of amides is 1. The van der Waals surface area contributed by atoms with Gasteiger partial charge in [0.2, 0.25) is 5.91 Å². The molecule has 1 amide bonds. The van der Waals surface area contributed by atoms with E-state index in [2.05, 4.69) is 24.1 Å². The number of carbonyl (C=O) groups is 1. The maximum absolute atomic E-state index is 12.2. The lowest BCUT2D eigenvalue weighted by Crippen LogP contribution is -2.38. The summed E-state index contributed by atoms with van der Waals surface area (Å²) in [5.74, 6) is 1.24.